The molecule has 6 nitrogen and oxygen atoms in total. The molecule has 0 fully saturated rings. The maximum absolute atomic E-state index is 12.2. The molecule has 8 heteroatoms. The van der Waals surface area contributed by atoms with E-state index >= 15 is 0 Å². The monoisotopic (exact) mass is 461 g/mol. The van der Waals surface area contributed by atoms with Gasteiger partial charge in [-0.1, -0.05) is 52.3 Å². The van der Waals surface area contributed by atoms with Crippen molar-refractivity contribution in [2.24, 2.45) is 0 Å². The molecule has 0 aliphatic heterocycles. The zero-order chi connectivity index (χ0) is 20.0. The van der Waals surface area contributed by atoms with Gasteiger partial charge in [-0.3, -0.25) is 9.48 Å². The summed E-state index contributed by atoms with van der Waals surface area (Å²) in [6, 6.07) is 16.6. The predicted octanol–water partition coefficient (Wildman–Crippen LogP) is 2.93. The third-order valence-electron chi connectivity index (χ3n) is 4.07. The van der Waals surface area contributed by atoms with Gasteiger partial charge in [-0.05, 0) is 34.9 Å². The smallest absolute Gasteiger partial charge is 0.235 e. The third kappa shape index (κ3) is 6.31. The van der Waals surface area contributed by atoms with Crippen molar-refractivity contribution in [2.75, 3.05) is 5.75 Å². The second-order valence-corrected chi connectivity index (χ2v) is 9.44. The summed E-state index contributed by atoms with van der Waals surface area (Å²) < 4.78 is 27.1. The highest BCUT2D eigenvalue weighted by atomic mass is 79.9. The summed E-state index contributed by atoms with van der Waals surface area (Å²) in [4.78, 5) is 12.0. The fraction of sp³-hybridized carbons (Fsp3) is 0.200. The van der Waals surface area contributed by atoms with Gasteiger partial charge < -0.3 is 5.32 Å². The van der Waals surface area contributed by atoms with Crippen molar-refractivity contribution in [3.8, 4) is 0 Å². The number of hydrogen-bond acceptors (Lipinski definition) is 4. The minimum absolute atomic E-state index is 0.157. The summed E-state index contributed by atoms with van der Waals surface area (Å²) >= 11 is 3.31. The van der Waals surface area contributed by atoms with Crippen molar-refractivity contribution < 1.29 is 13.2 Å². The maximum atomic E-state index is 12.2. The molecule has 3 aromatic rings. The zero-order valence-corrected chi connectivity index (χ0v) is 17.5. The molecule has 0 spiro atoms. The molecule has 28 heavy (non-hydrogen) atoms. The Bertz CT molecular complexity index is 1020. The standard InChI is InChI=1S/C20H20BrN3O3S/c21-19-8-6-18(7-9-19)14-28(26,27)15-20(25)22-12-16-2-4-17(5-3-16)13-24-11-1-10-23-24/h1-11H,12-15H2,(H,22,25). The van der Waals surface area contributed by atoms with Crippen molar-refractivity contribution in [3.05, 3.63) is 88.2 Å². The number of rotatable bonds is 8. The first kappa shape index (κ1) is 20.3. The molecule has 0 bridgehead atoms. The summed E-state index contributed by atoms with van der Waals surface area (Å²) in [6.07, 6.45) is 3.62. The van der Waals surface area contributed by atoms with Gasteiger partial charge in [-0.25, -0.2) is 8.42 Å². The molecule has 0 radical (unpaired) electrons. The molecule has 1 heterocycles. The number of aromatic nitrogens is 2. The van der Waals surface area contributed by atoms with Crippen LogP contribution in [0.5, 0.6) is 0 Å². The van der Waals surface area contributed by atoms with E-state index in [9.17, 15) is 13.2 Å². The molecule has 0 unspecified atom stereocenters. The molecule has 146 valence electrons. The number of nitrogens with one attached hydrogen (secondary N) is 1. The summed E-state index contributed by atoms with van der Waals surface area (Å²) in [5.74, 6) is -1.19. The average molecular weight is 462 g/mol. The quantitative estimate of drug-likeness (QED) is 0.558. The van der Waals surface area contributed by atoms with E-state index in [0.717, 1.165) is 15.6 Å². The Morgan fingerprint density at radius 3 is 2.29 bits per heavy atom. The van der Waals surface area contributed by atoms with Gasteiger partial charge in [-0.2, -0.15) is 5.10 Å². The van der Waals surface area contributed by atoms with Crippen LogP contribution in [0.3, 0.4) is 0 Å². The second kappa shape index (κ2) is 9.16. The Balaban J connectivity index is 1.48. The van der Waals surface area contributed by atoms with Crippen molar-refractivity contribution in [3.63, 3.8) is 0 Å². The number of nitrogens with zero attached hydrogens (tertiary/aromatic N) is 2. The minimum atomic E-state index is -3.52. The highest BCUT2D eigenvalue weighted by Crippen LogP contribution is 2.13. The lowest BCUT2D eigenvalue weighted by Crippen LogP contribution is -2.30. The Hall–Kier alpha value is -2.45. The third-order valence-corrected chi connectivity index (χ3v) is 6.07. The number of benzene rings is 2. The van der Waals surface area contributed by atoms with E-state index in [4.69, 9.17) is 0 Å². The topological polar surface area (TPSA) is 81.1 Å². The number of carbonyl (C=O) groups excluding carboxylic acids is 1. The summed E-state index contributed by atoms with van der Waals surface area (Å²) in [6.45, 7) is 0.961. The fourth-order valence-corrected chi connectivity index (χ4v) is 4.25. The molecule has 1 amide bonds. The van der Waals surface area contributed by atoms with E-state index < -0.39 is 21.5 Å². The molecule has 2 aromatic carbocycles. The lowest BCUT2D eigenvalue weighted by Gasteiger charge is -2.08. The van der Waals surface area contributed by atoms with Gasteiger partial charge in [0, 0.05) is 23.4 Å². The van der Waals surface area contributed by atoms with Crippen LogP contribution in [0.1, 0.15) is 16.7 Å². The van der Waals surface area contributed by atoms with Crippen molar-refractivity contribution >= 4 is 31.7 Å². The lowest BCUT2D eigenvalue weighted by molar-refractivity contribution is -0.118. The number of halogens is 1. The van der Waals surface area contributed by atoms with Crippen molar-refractivity contribution in [1.82, 2.24) is 15.1 Å². The highest BCUT2D eigenvalue weighted by molar-refractivity contribution is 9.10. The SMILES string of the molecule is O=C(CS(=O)(=O)Cc1ccc(Br)cc1)NCc1ccc(Cn2cccn2)cc1. The van der Waals surface area contributed by atoms with Gasteiger partial charge >= 0.3 is 0 Å². The van der Waals surface area contributed by atoms with Crippen LogP contribution < -0.4 is 5.32 Å². The highest BCUT2D eigenvalue weighted by Gasteiger charge is 2.17. The number of hydrogen-bond donors (Lipinski definition) is 1. The number of amides is 1. The summed E-state index contributed by atoms with van der Waals surface area (Å²) in [5.41, 5.74) is 2.66. The average Bonchev–Trinajstić information content (AvgIpc) is 3.15. The summed E-state index contributed by atoms with van der Waals surface area (Å²) in [7, 11) is -3.52. The van der Waals surface area contributed by atoms with E-state index in [2.05, 4.69) is 26.3 Å². The minimum Gasteiger partial charge on any atom is -0.351 e. The first-order valence-electron chi connectivity index (χ1n) is 8.66. The Morgan fingerprint density at radius 1 is 1.00 bits per heavy atom. The molecule has 3 rings (SSSR count). The van der Waals surface area contributed by atoms with Gasteiger partial charge in [-0.15, -0.1) is 0 Å². The fourth-order valence-electron chi connectivity index (χ4n) is 2.68. The molecule has 0 atom stereocenters. The largest absolute Gasteiger partial charge is 0.351 e. The van der Waals surface area contributed by atoms with E-state index in [1.807, 2.05) is 41.2 Å². The zero-order valence-electron chi connectivity index (χ0n) is 15.1. The molecular formula is C20H20BrN3O3S. The van der Waals surface area contributed by atoms with Crippen LogP contribution in [0.4, 0.5) is 0 Å². The Kier molecular flexibility index (Phi) is 6.64. The lowest BCUT2D eigenvalue weighted by atomic mass is 10.1. The maximum Gasteiger partial charge on any atom is 0.235 e. The van der Waals surface area contributed by atoms with Crippen molar-refractivity contribution in [1.29, 1.82) is 0 Å². The number of sulfone groups is 1. The van der Waals surface area contributed by atoms with Gasteiger partial charge in [0.15, 0.2) is 9.84 Å². The van der Waals surface area contributed by atoms with Crippen LogP contribution >= 0.6 is 15.9 Å². The van der Waals surface area contributed by atoms with Gasteiger partial charge in [0.2, 0.25) is 5.91 Å². The van der Waals surface area contributed by atoms with Crippen LogP contribution in [0.15, 0.2) is 71.5 Å². The molecule has 0 saturated carbocycles. The summed E-state index contributed by atoms with van der Waals surface area (Å²) in [5, 5.41) is 6.83. The van der Waals surface area contributed by atoms with E-state index in [1.54, 1.807) is 30.5 Å². The van der Waals surface area contributed by atoms with E-state index in [-0.39, 0.29) is 12.3 Å². The van der Waals surface area contributed by atoms with Gasteiger partial charge in [0.05, 0.1) is 12.3 Å². The molecule has 1 N–H and O–H groups in total. The molecule has 0 aliphatic carbocycles. The Morgan fingerprint density at radius 2 is 1.64 bits per heavy atom. The predicted molar refractivity (Wildman–Crippen MR) is 111 cm³/mol. The molecular weight excluding hydrogens is 442 g/mol. The number of carbonyl (C=O) groups is 1. The first-order chi connectivity index (χ1) is 13.4. The Labute approximate surface area is 172 Å². The van der Waals surface area contributed by atoms with Crippen LogP contribution in [-0.2, 0) is 33.5 Å². The van der Waals surface area contributed by atoms with E-state index in [1.165, 1.54) is 0 Å². The normalized spacial score (nSPS) is 11.3. The molecule has 0 aliphatic rings. The molecule has 1 aromatic heterocycles. The second-order valence-electron chi connectivity index (χ2n) is 6.46. The van der Waals surface area contributed by atoms with Gasteiger partial charge in [0.25, 0.3) is 0 Å². The van der Waals surface area contributed by atoms with Crippen LogP contribution in [0.2, 0.25) is 0 Å². The first-order valence-corrected chi connectivity index (χ1v) is 11.3. The van der Waals surface area contributed by atoms with Crippen LogP contribution in [0, 0.1) is 0 Å². The van der Waals surface area contributed by atoms with E-state index in [0.29, 0.717) is 12.1 Å². The van der Waals surface area contributed by atoms with Crippen molar-refractivity contribution in [2.45, 2.75) is 18.8 Å². The van der Waals surface area contributed by atoms with Crippen LogP contribution in [-0.4, -0.2) is 29.9 Å². The van der Waals surface area contributed by atoms with Crippen LogP contribution in [0.25, 0.3) is 0 Å². The molecule has 0 saturated heterocycles. The van der Waals surface area contributed by atoms with Gasteiger partial charge in [0.1, 0.15) is 5.75 Å².